The van der Waals surface area contributed by atoms with E-state index in [1.807, 2.05) is 0 Å². The molecule has 0 spiro atoms. The fourth-order valence-electron chi connectivity index (χ4n) is 2.09. The molecule has 5 nitrogen and oxygen atoms in total. The summed E-state index contributed by atoms with van der Waals surface area (Å²) in [6.45, 7) is 1.03. The Morgan fingerprint density at radius 3 is 2.80 bits per heavy atom. The van der Waals surface area contributed by atoms with Gasteiger partial charge >= 0.3 is 0 Å². The zero-order valence-electron chi connectivity index (χ0n) is 10.8. The average Bonchev–Trinajstić information content (AvgIpc) is 2.67. The molecule has 0 atom stereocenters. The average molecular weight is 342 g/mol. The molecular weight excluding hydrogens is 329 g/mol. The van der Waals surface area contributed by atoms with E-state index in [-0.39, 0.29) is 4.47 Å². The highest BCUT2D eigenvalue weighted by Crippen LogP contribution is 2.44. The highest BCUT2D eigenvalue weighted by Gasteiger charge is 2.23. The third kappa shape index (κ3) is 2.02. The van der Waals surface area contributed by atoms with Crippen molar-refractivity contribution in [2.45, 2.75) is 6.42 Å². The maximum atomic E-state index is 14.5. The molecule has 1 aromatic heterocycles. The summed E-state index contributed by atoms with van der Waals surface area (Å²) in [5.74, 6) is 0.861. The van der Waals surface area contributed by atoms with Crippen molar-refractivity contribution in [2.75, 3.05) is 18.9 Å². The van der Waals surface area contributed by atoms with Crippen molar-refractivity contribution >= 4 is 21.7 Å². The Labute approximate surface area is 123 Å². The van der Waals surface area contributed by atoms with Gasteiger partial charge < -0.3 is 15.2 Å². The highest BCUT2D eigenvalue weighted by molar-refractivity contribution is 9.10. The quantitative estimate of drug-likeness (QED) is 0.866. The normalized spacial score (nSPS) is 14.2. The van der Waals surface area contributed by atoms with Gasteiger partial charge in [0.1, 0.15) is 11.6 Å². The van der Waals surface area contributed by atoms with Crippen molar-refractivity contribution in [1.29, 1.82) is 0 Å². The van der Waals surface area contributed by atoms with Crippen molar-refractivity contribution in [3.8, 4) is 22.6 Å². The summed E-state index contributed by atoms with van der Waals surface area (Å²) in [6.07, 6.45) is 2.29. The largest absolute Gasteiger partial charge is 0.489 e. The number of ether oxygens (including phenoxy) is 2. The number of aromatic nitrogens is 2. The van der Waals surface area contributed by atoms with Crippen molar-refractivity contribution in [1.82, 2.24) is 9.78 Å². The smallest absolute Gasteiger partial charge is 0.178 e. The number of anilines is 1. The van der Waals surface area contributed by atoms with Gasteiger partial charge in [0.25, 0.3) is 0 Å². The molecule has 0 aliphatic carbocycles. The highest BCUT2D eigenvalue weighted by atomic mass is 79.9. The molecule has 0 fully saturated rings. The molecule has 1 aliphatic heterocycles. The van der Waals surface area contributed by atoms with Crippen LogP contribution >= 0.6 is 15.9 Å². The molecule has 0 saturated carbocycles. The first-order valence-corrected chi connectivity index (χ1v) is 6.94. The Morgan fingerprint density at radius 2 is 2.10 bits per heavy atom. The van der Waals surface area contributed by atoms with Crippen LogP contribution in [-0.4, -0.2) is 23.0 Å². The van der Waals surface area contributed by atoms with Gasteiger partial charge in [-0.2, -0.15) is 5.10 Å². The molecule has 1 aliphatic rings. The van der Waals surface area contributed by atoms with Gasteiger partial charge in [0.15, 0.2) is 11.5 Å². The van der Waals surface area contributed by atoms with Gasteiger partial charge in [0.2, 0.25) is 0 Å². The SMILES string of the molecule is Cn1ncc(-c2cc3c(c(Br)c2F)OCCCO3)c1N. The van der Waals surface area contributed by atoms with Gasteiger partial charge in [-0.25, -0.2) is 4.39 Å². The Hall–Kier alpha value is -1.76. The number of nitrogen functional groups attached to an aromatic ring is 1. The monoisotopic (exact) mass is 341 g/mol. The third-order valence-corrected chi connectivity index (χ3v) is 3.90. The number of hydrogen-bond acceptors (Lipinski definition) is 4. The first-order chi connectivity index (χ1) is 9.59. The number of hydrogen-bond donors (Lipinski definition) is 1. The van der Waals surface area contributed by atoms with Gasteiger partial charge in [-0.15, -0.1) is 0 Å². The molecule has 7 heteroatoms. The molecule has 0 amide bonds. The van der Waals surface area contributed by atoms with Gasteiger partial charge in [0.05, 0.1) is 23.9 Å². The third-order valence-electron chi connectivity index (χ3n) is 3.20. The fraction of sp³-hybridized carbons (Fsp3) is 0.308. The number of fused-ring (bicyclic) bond motifs is 1. The molecule has 2 heterocycles. The maximum absolute atomic E-state index is 14.5. The minimum Gasteiger partial charge on any atom is -0.489 e. The summed E-state index contributed by atoms with van der Waals surface area (Å²) < 4.78 is 27.4. The van der Waals surface area contributed by atoms with E-state index in [9.17, 15) is 4.39 Å². The van der Waals surface area contributed by atoms with E-state index < -0.39 is 5.82 Å². The van der Waals surface area contributed by atoms with Crippen LogP contribution < -0.4 is 15.2 Å². The number of benzene rings is 1. The van der Waals surface area contributed by atoms with E-state index in [2.05, 4.69) is 21.0 Å². The summed E-state index contributed by atoms with van der Waals surface area (Å²) >= 11 is 3.23. The second kappa shape index (κ2) is 4.97. The van der Waals surface area contributed by atoms with Crippen molar-refractivity contribution in [2.24, 2.45) is 7.05 Å². The van der Waals surface area contributed by atoms with Crippen LogP contribution in [0.5, 0.6) is 11.5 Å². The molecule has 0 radical (unpaired) electrons. The lowest BCUT2D eigenvalue weighted by Gasteiger charge is -2.13. The molecule has 0 bridgehead atoms. The van der Waals surface area contributed by atoms with Crippen LogP contribution in [0.2, 0.25) is 0 Å². The number of nitrogens with zero attached hydrogens (tertiary/aromatic N) is 2. The van der Waals surface area contributed by atoms with E-state index in [4.69, 9.17) is 15.2 Å². The van der Waals surface area contributed by atoms with E-state index in [1.54, 1.807) is 13.1 Å². The summed E-state index contributed by atoms with van der Waals surface area (Å²) in [7, 11) is 1.70. The predicted octanol–water partition coefficient (Wildman–Crippen LogP) is 2.73. The van der Waals surface area contributed by atoms with E-state index in [0.29, 0.717) is 41.7 Å². The standard InChI is InChI=1S/C13H13BrFN3O2/c1-18-13(16)8(6-17-18)7-5-9-12(10(14)11(7)15)20-4-2-3-19-9/h5-6H,2-4,16H2,1H3. The van der Waals surface area contributed by atoms with Crippen LogP contribution in [0.15, 0.2) is 16.7 Å². The summed E-state index contributed by atoms with van der Waals surface area (Å²) in [6, 6.07) is 1.61. The van der Waals surface area contributed by atoms with Crippen molar-refractivity contribution < 1.29 is 13.9 Å². The van der Waals surface area contributed by atoms with Crippen LogP contribution in [0.25, 0.3) is 11.1 Å². The first-order valence-electron chi connectivity index (χ1n) is 6.15. The minimum atomic E-state index is -0.436. The van der Waals surface area contributed by atoms with E-state index in [1.165, 1.54) is 10.9 Å². The van der Waals surface area contributed by atoms with Gasteiger partial charge in [0, 0.05) is 24.6 Å². The molecule has 0 unspecified atom stereocenters. The number of halogens is 2. The van der Waals surface area contributed by atoms with Crippen molar-refractivity contribution in [3.63, 3.8) is 0 Å². The lowest BCUT2D eigenvalue weighted by atomic mass is 10.1. The molecule has 2 aromatic rings. The van der Waals surface area contributed by atoms with Crippen LogP contribution in [0.1, 0.15) is 6.42 Å². The van der Waals surface area contributed by atoms with Crippen molar-refractivity contribution in [3.05, 3.63) is 22.6 Å². The van der Waals surface area contributed by atoms with Gasteiger partial charge in [-0.3, -0.25) is 4.68 Å². The predicted molar refractivity (Wildman–Crippen MR) is 76.3 cm³/mol. The first kappa shape index (κ1) is 13.2. The molecular formula is C13H13BrFN3O2. The summed E-state index contributed by atoms with van der Waals surface area (Å²) in [4.78, 5) is 0. The summed E-state index contributed by atoms with van der Waals surface area (Å²) in [5.41, 5.74) is 6.78. The molecule has 2 N–H and O–H groups in total. The molecule has 3 rings (SSSR count). The number of nitrogens with two attached hydrogens (primary N) is 1. The summed E-state index contributed by atoms with van der Waals surface area (Å²) in [5, 5.41) is 4.03. The van der Waals surface area contributed by atoms with E-state index >= 15 is 0 Å². The molecule has 20 heavy (non-hydrogen) atoms. The van der Waals surface area contributed by atoms with Gasteiger partial charge in [-0.1, -0.05) is 0 Å². The number of rotatable bonds is 1. The minimum absolute atomic E-state index is 0.246. The zero-order chi connectivity index (χ0) is 14.3. The Balaban J connectivity index is 2.20. The number of aryl methyl sites for hydroxylation is 1. The van der Waals surface area contributed by atoms with Crippen LogP contribution in [0.4, 0.5) is 10.2 Å². The Bertz CT molecular complexity index is 672. The second-order valence-corrected chi connectivity index (χ2v) is 5.29. The molecule has 106 valence electrons. The Kier molecular flexibility index (Phi) is 3.29. The lowest BCUT2D eigenvalue weighted by molar-refractivity contribution is 0.296. The Morgan fingerprint density at radius 1 is 1.35 bits per heavy atom. The van der Waals surface area contributed by atoms with Crippen LogP contribution in [0, 0.1) is 5.82 Å². The fourth-order valence-corrected chi connectivity index (χ4v) is 2.62. The van der Waals surface area contributed by atoms with Crippen LogP contribution in [0.3, 0.4) is 0 Å². The van der Waals surface area contributed by atoms with Crippen LogP contribution in [-0.2, 0) is 7.05 Å². The second-order valence-electron chi connectivity index (χ2n) is 4.50. The molecule has 1 aromatic carbocycles. The zero-order valence-corrected chi connectivity index (χ0v) is 12.4. The maximum Gasteiger partial charge on any atom is 0.178 e. The lowest BCUT2D eigenvalue weighted by Crippen LogP contribution is -2.00. The topological polar surface area (TPSA) is 62.3 Å². The van der Waals surface area contributed by atoms with E-state index in [0.717, 1.165) is 6.42 Å². The molecule has 0 saturated heterocycles. The van der Waals surface area contributed by atoms with Gasteiger partial charge in [-0.05, 0) is 22.0 Å².